The fourth-order valence-corrected chi connectivity index (χ4v) is 3.29. The third-order valence-electron chi connectivity index (χ3n) is 3.80. The molecule has 1 amide bonds. The molecule has 0 fully saturated rings. The first-order valence-electron chi connectivity index (χ1n) is 7.69. The van der Waals surface area contributed by atoms with Crippen molar-refractivity contribution < 1.29 is 14.3 Å². The number of carbonyl (C=O) groups is 1. The molecule has 7 heteroatoms. The Balaban J connectivity index is 1.69. The lowest BCUT2D eigenvalue weighted by Gasteiger charge is -2.15. The maximum Gasteiger partial charge on any atom is 0.307 e. The molecule has 0 unspecified atom stereocenters. The maximum absolute atomic E-state index is 12.3. The lowest BCUT2D eigenvalue weighted by atomic mass is 10.2. The first-order chi connectivity index (χ1) is 12.0. The summed E-state index contributed by atoms with van der Waals surface area (Å²) >= 11 is 1.15. The second kappa shape index (κ2) is 6.98. The highest BCUT2D eigenvalue weighted by Gasteiger charge is 2.15. The Morgan fingerprint density at radius 3 is 2.52 bits per heavy atom. The summed E-state index contributed by atoms with van der Waals surface area (Å²) in [5.74, 6) is 1.04. The molecule has 0 spiro atoms. The van der Waals surface area contributed by atoms with Crippen molar-refractivity contribution in [2.75, 3.05) is 12.4 Å². The molecular formula is C18H18N2O4S. The molecule has 130 valence electrons. The number of aryl methyl sites for hydroxylation is 1. The van der Waals surface area contributed by atoms with Gasteiger partial charge >= 0.3 is 4.87 Å². The summed E-state index contributed by atoms with van der Waals surface area (Å²) in [6.45, 7) is 1.68. The van der Waals surface area contributed by atoms with Crippen molar-refractivity contribution in [3.8, 4) is 11.5 Å². The highest BCUT2D eigenvalue weighted by Crippen LogP contribution is 2.22. The third-order valence-corrected chi connectivity index (χ3v) is 4.80. The summed E-state index contributed by atoms with van der Waals surface area (Å²) in [5, 5.41) is 2.81. The molecule has 1 aromatic heterocycles. The van der Waals surface area contributed by atoms with Crippen LogP contribution in [0.15, 0.2) is 47.3 Å². The Bertz CT molecular complexity index is 959. The van der Waals surface area contributed by atoms with E-state index in [1.165, 1.54) is 0 Å². The van der Waals surface area contributed by atoms with E-state index in [4.69, 9.17) is 9.47 Å². The van der Waals surface area contributed by atoms with E-state index in [0.717, 1.165) is 27.3 Å². The number of rotatable bonds is 5. The zero-order chi connectivity index (χ0) is 18.0. The van der Waals surface area contributed by atoms with Crippen LogP contribution in [0.25, 0.3) is 10.2 Å². The summed E-state index contributed by atoms with van der Waals surface area (Å²) in [6.07, 6.45) is -0.668. The molecule has 1 heterocycles. The van der Waals surface area contributed by atoms with E-state index in [0.29, 0.717) is 11.4 Å². The lowest BCUT2D eigenvalue weighted by Crippen LogP contribution is -2.30. The van der Waals surface area contributed by atoms with Crippen molar-refractivity contribution >= 4 is 33.1 Å². The summed E-state index contributed by atoms with van der Waals surface area (Å²) in [4.78, 5) is 24.0. The van der Waals surface area contributed by atoms with Crippen LogP contribution in [0.3, 0.4) is 0 Å². The lowest BCUT2D eigenvalue weighted by molar-refractivity contribution is -0.122. The van der Waals surface area contributed by atoms with Gasteiger partial charge in [-0.15, -0.1) is 0 Å². The van der Waals surface area contributed by atoms with Crippen LogP contribution in [0.1, 0.15) is 6.92 Å². The largest absolute Gasteiger partial charge is 0.497 e. The van der Waals surface area contributed by atoms with Crippen LogP contribution < -0.4 is 19.7 Å². The van der Waals surface area contributed by atoms with Crippen LogP contribution in [0, 0.1) is 0 Å². The Labute approximate surface area is 148 Å². The molecule has 0 saturated heterocycles. The Kier molecular flexibility index (Phi) is 4.76. The zero-order valence-electron chi connectivity index (χ0n) is 14.1. The summed E-state index contributed by atoms with van der Waals surface area (Å²) < 4.78 is 13.1. The first kappa shape index (κ1) is 17.0. The normalized spacial score (nSPS) is 12.0. The fourth-order valence-electron chi connectivity index (χ4n) is 2.37. The maximum atomic E-state index is 12.3. The molecule has 0 radical (unpaired) electrons. The van der Waals surface area contributed by atoms with Crippen LogP contribution in [0.2, 0.25) is 0 Å². The zero-order valence-corrected chi connectivity index (χ0v) is 14.9. The van der Waals surface area contributed by atoms with E-state index in [-0.39, 0.29) is 10.8 Å². The molecule has 0 bridgehead atoms. The predicted octanol–water partition coefficient (Wildman–Crippen LogP) is 3.01. The van der Waals surface area contributed by atoms with Gasteiger partial charge in [0.15, 0.2) is 6.10 Å². The van der Waals surface area contributed by atoms with Gasteiger partial charge in [0.2, 0.25) is 0 Å². The molecule has 25 heavy (non-hydrogen) atoms. The molecule has 0 aliphatic rings. The number of hydrogen-bond acceptors (Lipinski definition) is 5. The number of carbonyl (C=O) groups excluding carboxylic acids is 1. The molecule has 6 nitrogen and oxygen atoms in total. The average Bonchev–Trinajstić information content (AvgIpc) is 2.89. The topological polar surface area (TPSA) is 69.6 Å². The van der Waals surface area contributed by atoms with Gasteiger partial charge in [0.1, 0.15) is 11.5 Å². The fraction of sp³-hybridized carbons (Fsp3) is 0.222. The number of nitrogens with zero attached hydrogens (tertiary/aromatic N) is 1. The second-order valence-corrected chi connectivity index (χ2v) is 6.53. The first-order valence-corrected chi connectivity index (χ1v) is 8.51. The standard InChI is InChI=1S/C18H18N2O4S/c1-11(24-14-7-5-13(23-3)6-8-14)17(21)19-12-4-9-15-16(10-12)25-18(22)20(15)2/h4-11H,1-3H3,(H,19,21)/t11-/m0/s1. The SMILES string of the molecule is COc1ccc(O[C@@H](C)C(=O)Nc2ccc3c(c2)sc(=O)n3C)cc1. The molecule has 3 aromatic rings. The van der Waals surface area contributed by atoms with Crippen LogP contribution in [-0.4, -0.2) is 23.7 Å². The number of thiazole rings is 1. The number of benzene rings is 2. The Hall–Kier alpha value is -2.80. The molecule has 1 N–H and O–H groups in total. The molecular weight excluding hydrogens is 340 g/mol. The average molecular weight is 358 g/mol. The molecule has 1 atom stereocenters. The molecule has 0 aliphatic heterocycles. The minimum atomic E-state index is -0.668. The van der Waals surface area contributed by atoms with Gasteiger partial charge in [-0.25, -0.2) is 0 Å². The van der Waals surface area contributed by atoms with Crippen molar-refractivity contribution in [1.82, 2.24) is 4.57 Å². The highest BCUT2D eigenvalue weighted by atomic mass is 32.1. The number of anilines is 1. The van der Waals surface area contributed by atoms with Gasteiger partial charge in [-0.1, -0.05) is 11.3 Å². The van der Waals surface area contributed by atoms with E-state index in [2.05, 4.69) is 5.32 Å². The smallest absolute Gasteiger partial charge is 0.307 e. The van der Waals surface area contributed by atoms with Gasteiger partial charge < -0.3 is 19.4 Å². The van der Waals surface area contributed by atoms with Crippen molar-refractivity contribution in [2.45, 2.75) is 13.0 Å². The predicted molar refractivity (Wildman–Crippen MR) is 98.8 cm³/mol. The van der Waals surface area contributed by atoms with Crippen molar-refractivity contribution in [1.29, 1.82) is 0 Å². The summed E-state index contributed by atoms with van der Waals surface area (Å²) in [7, 11) is 3.32. The van der Waals surface area contributed by atoms with Gasteiger partial charge in [0.25, 0.3) is 5.91 Å². The van der Waals surface area contributed by atoms with Crippen LogP contribution in [0.4, 0.5) is 5.69 Å². The number of nitrogens with one attached hydrogen (secondary N) is 1. The molecule has 3 rings (SSSR count). The van der Waals surface area contributed by atoms with Gasteiger partial charge in [-0.05, 0) is 49.4 Å². The van der Waals surface area contributed by atoms with Crippen molar-refractivity contribution in [2.24, 2.45) is 7.05 Å². The van der Waals surface area contributed by atoms with Crippen LogP contribution in [-0.2, 0) is 11.8 Å². The number of hydrogen-bond donors (Lipinski definition) is 1. The van der Waals surface area contributed by atoms with E-state index >= 15 is 0 Å². The highest BCUT2D eigenvalue weighted by molar-refractivity contribution is 7.16. The number of ether oxygens (including phenoxy) is 2. The van der Waals surface area contributed by atoms with E-state index < -0.39 is 6.10 Å². The van der Waals surface area contributed by atoms with Crippen LogP contribution >= 0.6 is 11.3 Å². The van der Waals surface area contributed by atoms with Gasteiger partial charge in [-0.2, -0.15) is 0 Å². The Morgan fingerprint density at radius 1 is 1.16 bits per heavy atom. The minimum absolute atomic E-state index is 0.0327. The Morgan fingerprint density at radius 2 is 1.84 bits per heavy atom. The quantitative estimate of drug-likeness (QED) is 0.761. The molecule has 2 aromatic carbocycles. The molecule has 0 saturated carbocycles. The van der Waals surface area contributed by atoms with E-state index in [9.17, 15) is 9.59 Å². The monoisotopic (exact) mass is 358 g/mol. The number of methoxy groups -OCH3 is 1. The van der Waals surface area contributed by atoms with Gasteiger partial charge in [0, 0.05) is 12.7 Å². The number of amides is 1. The van der Waals surface area contributed by atoms with Gasteiger partial charge in [-0.3, -0.25) is 9.59 Å². The summed E-state index contributed by atoms with van der Waals surface area (Å²) in [5.41, 5.74) is 1.47. The second-order valence-electron chi connectivity index (χ2n) is 5.53. The van der Waals surface area contributed by atoms with E-state index in [1.54, 1.807) is 62.0 Å². The number of aromatic nitrogens is 1. The van der Waals surface area contributed by atoms with Crippen molar-refractivity contribution in [3.05, 3.63) is 52.1 Å². The van der Waals surface area contributed by atoms with Gasteiger partial charge in [0.05, 0.1) is 17.3 Å². The van der Waals surface area contributed by atoms with Crippen molar-refractivity contribution in [3.63, 3.8) is 0 Å². The van der Waals surface area contributed by atoms with E-state index in [1.807, 2.05) is 6.07 Å². The number of fused-ring (bicyclic) bond motifs is 1. The summed E-state index contributed by atoms with van der Waals surface area (Å²) in [6, 6.07) is 12.4. The minimum Gasteiger partial charge on any atom is -0.497 e. The molecule has 0 aliphatic carbocycles. The van der Waals surface area contributed by atoms with Crippen LogP contribution in [0.5, 0.6) is 11.5 Å². The third kappa shape index (κ3) is 3.66.